The van der Waals surface area contributed by atoms with E-state index in [0.29, 0.717) is 38.4 Å². The van der Waals surface area contributed by atoms with Crippen LogP contribution >= 0.6 is 0 Å². The van der Waals surface area contributed by atoms with E-state index >= 15 is 0 Å². The summed E-state index contributed by atoms with van der Waals surface area (Å²) in [5.41, 5.74) is 3.23. The lowest BCUT2D eigenvalue weighted by Gasteiger charge is -2.29. The molecular formula is C24H27N3O4. The molecule has 0 saturated carbocycles. The summed E-state index contributed by atoms with van der Waals surface area (Å²) in [7, 11) is 0. The number of nitrogens with zero attached hydrogens (tertiary/aromatic N) is 2. The third-order valence-electron chi connectivity index (χ3n) is 6.22. The minimum Gasteiger partial charge on any atom is -0.378 e. The number of benzene rings is 2. The largest absolute Gasteiger partial charge is 0.378 e. The molecule has 31 heavy (non-hydrogen) atoms. The molecule has 2 amide bonds. The van der Waals surface area contributed by atoms with Crippen molar-refractivity contribution in [2.24, 2.45) is 0 Å². The van der Waals surface area contributed by atoms with E-state index < -0.39 is 0 Å². The monoisotopic (exact) mass is 421 g/mol. The number of carbonyl (C=O) groups excluding carboxylic acids is 2. The van der Waals surface area contributed by atoms with E-state index in [-0.39, 0.29) is 24.1 Å². The molecule has 3 aliphatic rings. The maximum atomic E-state index is 13.1. The van der Waals surface area contributed by atoms with Crippen molar-refractivity contribution < 1.29 is 19.1 Å². The van der Waals surface area contributed by atoms with Crippen molar-refractivity contribution in [3.05, 3.63) is 65.2 Å². The highest BCUT2D eigenvalue weighted by Gasteiger charge is 2.38. The summed E-state index contributed by atoms with van der Waals surface area (Å²) >= 11 is 0. The highest BCUT2D eigenvalue weighted by Crippen LogP contribution is 2.35. The van der Waals surface area contributed by atoms with Crippen molar-refractivity contribution in [1.82, 2.24) is 9.80 Å². The lowest BCUT2D eigenvalue weighted by atomic mass is 10.1. The van der Waals surface area contributed by atoms with Gasteiger partial charge in [-0.1, -0.05) is 18.2 Å². The van der Waals surface area contributed by atoms with Crippen LogP contribution in [0.5, 0.6) is 0 Å². The SMILES string of the molecule is O=C(c1ccc(N[C@@H]2c3ccccc3C(=O)N2C[C@@H]2CCCO2)cc1)N1CCOCC1. The quantitative estimate of drug-likeness (QED) is 0.804. The molecule has 0 aliphatic carbocycles. The fourth-order valence-electron chi connectivity index (χ4n) is 4.54. The molecule has 2 fully saturated rings. The zero-order chi connectivity index (χ0) is 21.2. The summed E-state index contributed by atoms with van der Waals surface area (Å²) < 4.78 is 11.1. The number of carbonyl (C=O) groups is 2. The Morgan fingerprint density at radius 2 is 1.81 bits per heavy atom. The number of anilines is 1. The van der Waals surface area contributed by atoms with Gasteiger partial charge in [0.25, 0.3) is 11.8 Å². The molecule has 7 heteroatoms. The van der Waals surface area contributed by atoms with Gasteiger partial charge in [-0.05, 0) is 43.2 Å². The molecule has 2 aromatic rings. The van der Waals surface area contributed by atoms with Crippen LogP contribution in [0, 0.1) is 0 Å². The average Bonchev–Trinajstić information content (AvgIpc) is 3.43. The van der Waals surface area contributed by atoms with Crippen LogP contribution in [0.1, 0.15) is 45.3 Å². The predicted molar refractivity (Wildman–Crippen MR) is 116 cm³/mol. The third-order valence-corrected chi connectivity index (χ3v) is 6.22. The summed E-state index contributed by atoms with van der Waals surface area (Å²) in [6.45, 7) is 3.74. The first kappa shape index (κ1) is 20.0. The van der Waals surface area contributed by atoms with Gasteiger partial charge in [-0.15, -0.1) is 0 Å². The Labute approximate surface area is 181 Å². The van der Waals surface area contributed by atoms with Crippen LogP contribution in [0.4, 0.5) is 5.69 Å². The molecule has 3 heterocycles. The summed E-state index contributed by atoms with van der Waals surface area (Å²) in [4.78, 5) is 29.5. The zero-order valence-electron chi connectivity index (χ0n) is 17.5. The Morgan fingerprint density at radius 1 is 1.03 bits per heavy atom. The van der Waals surface area contributed by atoms with Gasteiger partial charge in [-0.3, -0.25) is 9.59 Å². The van der Waals surface area contributed by atoms with E-state index in [2.05, 4.69) is 5.32 Å². The maximum Gasteiger partial charge on any atom is 0.256 e. The predicted octanol–water partition coefficient (Wildman–Crippen LogP) is 2.90. The van der Waals surface area contributed by atoms with Gasteiger partial charge in [0.1, 0.15) is 6.17 Å². The van der Waals surface area contributed by atoms with Crippen molar-refractivity contribution in [1.29, 1.82) is 0 Å². The van der Waals surface area contributed by atoms with Gasteiger partial charge in [-0.2, -0.15) is 0 Å². The first-order valence-electron chi connectivity index (χ1n) is 11.0. The third kappa shape index (κ3) is 4.03. The molecule has 3 aliphatic heterocycles. The van der Waals surface area contributed by atoms with E-state index in [1.54, 1.807) is 0 Å². The van der Waals surface area contributed by atoms with Crippen molar-refractivity contribution >= 4 is 17.5 Å². The molecule has 162 valence electrons. The standard InChI is InChI=1S/C24H27N3O4/c28-23(26-11-14-30-15-12-26)17-7-9-18(10-8-17)25-22-20-5-1-2-6-21(20)24(29)27(22)16-19-4-3-13-31-19/h1-2,5-10,19,22,25H,3-4,11-16H2/t19-,22-/m0/s1. The number of hydrogen-bond donors (Lipinski definition) is 1. The minimum absolute atomic E-state index is 0.0243. The second-order valence-corrected chi connectivity index (χ2v) is 8.21. The highest BCUT2D eigenvalue weighted by molar-refractivity contribution is 5.99. The molecule has 1 N–H and O–H groups in total. The number of rotatable bonds is 5. The molecule has 2 saturated heterocycles. The molecule has 2 aromatic carbocycles. The normalized spacial score (nSPS) is 23.2. The van der Waals surface area contributed by atoms with Gasteiger partial charge < -0.3 is 24.6 Å². The van der Waals surface area contributed by atoms with Crippen LogP contribution in [0.15, 0.2) is 48.5 Å². The van der Waals surface area contributed by atoms with E-state index in [1.807, 2.05) is 58.3 Å². The zero-order valence-corrected chi connectivity index (χ0v) is 17.5. The van der Waals surface area contributed by atoms with Gasteiger partial charge in [0, 0.05) is 48.6 Å². The Hall–Kier alpha value is -2.90. The van der Waals surface area contributed by atoms with Crippen molar-refractivity contribution in [2.45, 2.75) is 25.1 Å². The van der Waals surface area contributed by atoms with Crippen LogP contribution in [0.25, 0.3) is 0 Å². The Balaban J connectivity index is 1.34. The van der Waals surface area contributed by atoms with Crippen LogP contribution in [-0.2, 0) is 9.47 Å². The smallest absolute Gasteiger partial charge is 0.256 e. The summed E-state index contributed by atoms with van der Waals surface area (Å²) in [5, 5.41) is 3.50. The number of morpholine rings is 1. The number of fused-ring (bicyclic) bond motifs is 1. The number of hydrogen-bond acceptors (Lipinski definition) is 5. The Morgan fingerprint density at radius 3 is 2.55 bits per heavy atom. The summed E-state index contributed by atoms with van der Waals surface area (Å²) in [5.74, 6) is 0.0546. The van der Waals surface area contributed by atoms with Crippen molar-refractivity contribution in [3.63, 3.8) is 0 Å². The maximum absolute atomic E-state index is 13.1. The van der Waals surface area contributed by atoms with Crippen molar-refractivity contribution in [2.75, 3.05) is 44.8 Å². The molecule has 2 atom stereocenters. The van der Waals surface area contributed by atoms with Crippen LogP contribution < -0.4 is 5.32 Å². The molecular weight excluding hydrogens is 394 g/mol. The molecule has 5 rings (SSSR count). The van der Waals surface area contributed by atoms with Gasteiger partial charge in [0.15, 0.2) is 0 Å². The lowest BCUT2D eigenvalue weighted by Crippen LogP contribution is -2.40. The second-order valence-electron chi connectivity index (χ2n) is 8.21. The molecule has 0 bridgehead atoms. The molecule has 7 nitrogen and oxygen atoms in total. The fraction of sp³-hybridized carbons (Fsp3) is 0.417. The molecule has 0 radical (unpaired) electrons. The van der Waals surface area contributed by atoms with E-state index in [4.69, 9.17) is 9.47 Å². The van der Waals surface area contributed by atoms with E-state index in [0.717, 1.165) is 36.3 Å². The Bertz CT molecular complexity index is 950. The first-order chi connectivity index (χ1) is 15.2. The highest BCUT2D eigenvalue weighted by atomic mass is 16.5. The molecule has 0 aromatic heterocycles. The van der Waals surface area contributed by atoms with Crippen LogP contribution in [0.3, 0.4) is 0 Å². The average molecular weight is 421 g/mol. The van der Waals surface area contributed by atoms with Gasteiger partial charge in [0.05, 0.1) is 19.3 Å². The molecule has 0 unspecified atom stereocenters. The van der Waals surface area contributed by atoms with Gasteiger partial charge in [0.2, 0.25) is 0 Å². The second kappa shape index (κ2) is 8.69. The van der Waals surface area contributed by atoms with E-state index in [9.17, 15) is 9.59 Å². The van der Waals surface area contributed by atoms with Gasteiger partial charge in [-0.25, -0.2) is 0 Å². The van der Waals surface area contributed by atoms with Crippen LogP contribution in [0.2, 0.25) is 0 Å². The minimum atomic E-state index is -0.256. The van der Waals surface area contributed by atoms with Gasteiger partial charge >= 0.3 is 0 Å². The van der Waals surface area contributed by atoms with Crippen molar-refractivity contribution in [3.8, 4) is 0 Å². The fourth-order valence-corrected chi connectivity index (χ4v) is 4.54. The number of ether oxygens (including phenoxy) is 2. The number of amides is 2. The number of nitrogens with one attached hydrogen (secondary N) is 1. The lowest BCUT2D eigenvalue weighted by molar-refractivity contribution is 0.0303. The summed E-state index contributed by atoms with van der Waals surface area (Å²) in [6, 6.07) is 15.2. The van der Waals surface area contributed by atoms with E-state index in [1.165, 1.54) is 0 Å². The molecule has 0 spiro atoms. The Kier molecular flexibility index (Phi) is 5.61. The summed E-state index contributed by atoms with van der Waals surface area (Å²) in [6.07, 6.45) is 1.84. The topological polar surface area (TPSA) is 71.1 Å². The van der Waals surface area contributed by atoms with Crippen LogP contribution in [-0.4, -0.2) is 67.2 Å². The first-order valence-corrected chi connectivity index (χ1v) is 11.0.